The normalized spacial score (nSPS) is 23.8. The number of nitrogens with two attached hydrogens (primary N) is 1. The Hall–Kier alpha value is -2.42. The molecular weight excluding hydrogens is 314 g/mol. The maximum absolute atomic E-state index is 12.5. The lowest BCUT2D eigenvalue weighted by atomic mass is 10.00. The van der Waals surface area contributed by atoms with Crippen molar-refractivity contribution in [3.05, 3.63) is 22.1 Å². The van der Waals surface area contributed by atoms with Crippen LogP contribution in [-0.4, -0.2) is 52.5 Å². The van der Waals surface area contributed by atoms with Gasteiger partial charge in [-0.05, 0) is 19.8 Å². The van der Waals surface area contributed by atoms with Crippen molar-refractivity contribution < 1.29 is 14.4 Å². The summed E-state index contributed by atoms with van der Waals surface area (Å²) in [7, 11) is 1.44. The Morgan fingerprint density at radius 3 is 2.79 bits per heavy atom. The number of methoxy groups -OCH3 is 1. The summed E-state index contributed by atoms with van der Waals surface area (Å²) in [6.07, 6.45) is 3.18. The van der Waals surface area contributed by atoms with Crippen LogP contribution < -0.4 is 16.0 Å². The molecule has 2 N–H and O–H groups in total. The highest BCUT2D eigenvalue weighted by molar-refractivity contribution is 6.39. The minimum Gasteiger partial charge on any atom is -0.468 e. The van der Waals surface area contributed by atoms with E-state index >= 15 is 0 Å². The first-order chi connectivity index (χ1) is 11.5. The average molecular weight is 335 g/mol. The molecule has 2 aliphatic heterocycles. The Labute approximate surface area is 139 Å². The second-order valence-corrected chi connectivity index (χ2v) is 6.03. The largest absolute Gasteiger partial charge is 0.468 e. The molecule has 1 aromatic heterocycles. The Balaban J connectivity index is 1.95. The zero-order valence-corrected chi connectivity index (χ0v) is 13.8. The summed E-state index contributed by atoms with van der Waals surface area (Å²) in [4.78, 5) is 35.9. The molecule has 3 heterocycles. The zero-order valence-electron chi connectivity index (χ0n) is 13.8. The van der Waals surface area contributed by atoms with E-state index in [9.17, 15) is 9.59 Å². The molecule has 0 saturated carbocycles. The van der Waals surface area contributed by atoms with Crippen LogP contribution in [0.4, 0.5) is 0 Å². The van der Waals surface area contributed by atoms with Crippen LogP contribution in [0.25, 0.3) is 0 Å². The van der Waals surface area contributed by atoms with Crippen LogP contribution in [-0.2, 0) is 16.2 Å². The standard InChI is InChI=1S/C15H21N5O4/c1-9-7-17-15(23-2)20(13(9)22)8-10-11(12(16)21)18-24-14(10)19-5-3-4-6-19/h7,10,14H,3-6,8H2,1-2H3,(H2,16,21). The van der Waals surface area contributed by atoms with Gasteiger partial charge in [0.15, 0.2) is 11.9 Å². The molecule has 1 aromatic rings. The van der Waals surface area contributed by atoms with E-state index in [0.717, 1.165) is 25.9 Å². The second kappa shape index (κ2) is 6.60. The zero-order chi connectivity index (χ0) is 17.3. The lowest BCUT2D eigenvalue weighted by Crippen LogP contribution is -2.45. The first-order valence-corrected chi connectivity index (χ1v) is 7.91. The molecule has 0 aromatic carbocycles. The van der Waals surface area contributed by atoms with Crippen molar-refractivity contribution in [2.75, 3.05) is 20.2 Å². The van der Waals surface area contributed by atoms with Crippen molar-refractivity contribution in [1.29, 1.82) is 0 Å². The van der Waals surface area contributed by atoms with Gasteiger partial charge in [0.1, 0.15) is 0 Å². The van der Waals surface area contributed by atoms with Gasteiger partial charge in [-0.2, -0.15) is 0 Å². The molecule has 0 bridgehead atoms. The van der Waals surface area contributed by atoms with Crippen molar-refractivity contribution in [1.82, 2.24) is 14.5 Å². The second-order valence-electron chi connectivity index (χ2n) is 6.03. The predicted octanol–water partition coefficient (Wildman–Crippen LogP) is -0.530. The number of ether oxygens (including phenoxy) is 1. The van der Waals surface area contributed by atoms with Crippen LogP contribution in [0.3, 0.4) is 0 Å². The number of carbonyl (C=O) groups excluding carboxylic acids is 1. The average Bonchev–Trinajstić information content (AvgIpc) is 3.21. The number of oxime groups is 1. The maximum Gasteiger partial charge on any atom is 0.298 e. The van der Waals surface area contributed by atoms with Crippen molar-refractivity contribution in [2.24, 2.45) is 16.8 Å². The highest BCUT2D eigenvalue weighted by Crippen LogP contribution is 2.27. The molecule has 3 rings (SSSR count). The van der Waals surface area contributed by atoms with Gasteiger partial charge < -0.3 is 15.3 Å². The molecule has 1 saturated heterocycles. The van der Waals surface area contributed by atoms with Crippen LogP contribution in [0.5, 0.6) is 6.01 Å². The Kier molecular flexibility index (Phi) is 4.52. The highest BCUT2D eigenvalue weighted by Gasteiger charge is 2.42. The number of hydrogen-bond donors (Lipinski definition) is 1. The summed E-state index contributed by atoms with van der Waals surface area (Å²) in [5, 5.41) is 3.87. The number of primary amides is 1. The van der Waals surface area contributed by atoms with Gasteiger partial charge in [0, 0.05) is 31.4 Å². The number of aryl methyl sites for hydroxylation is 1. The molecule has 0 aliphatic carbocycles. The van der Waals surface area contributed by atoms with Crippen LogP contribution in [0.1, 0.15) is 18.4 Å². The fourth-order valence-electron chi connectivity index (χ4n) is 3.21. The van der Waals surface area contributed by atoms with Crippen molar-refractivity contribution >= 4 is 11.6 Å². The predicted molar refractivity (Wildman–Crippen MR) is 85.6 cm³/mol. The molecule has 130 valence electrons. The quantitative estimate of drug-likeness (QED) is 0.774. The fraction of sp³-hybridized carbons (Fsp3) is 0.600. The number of rotatable bonds is 5. The number of aromatic nitrogens is 2. The van der Waals surface area contributed by atoms with Crippen LogP contribution in [0.15, 0.2) is 16.1 Å². The topological polar surface area (TPSA) is 112 Å². The van der Waals surface area contributed by atoms with E-state index in [1.54, 1.807) is 6.92 Å². The molecule has 2 aliphatic rings. The SMILES string of the molecule is COc1ncc(C)c(=O)n1CC1C(C(N)=O)=NOC1N1CCCC1. The van der Waals surface area contributed by atoms with Gasteiger partial charge in [-0.15, -0.1) is 0 Å². The van der Waals surface area contributed by atoms with Crippen molar-refractivity contribution in [3.63, 3.8) is 0 Å². The molecule has 2 unspecified atom stereocenters. The number of carbonyl (C=O) groups is 1. The van der Waals surface area contributed by atoms with E-state index in [1.165, 1.54) is 17.9 Å². The number of amides is 1. The lowest BCUT2D eigenvalue weighted by Gasteiger charge is -2.27. The van der Waals surface area contributed by atoms with Crippen molar-refractivity contribution in [3.8, 4) is 6.01 Å². The molecule has 0 spiro atoms. The fourth-order valence-corrected chi connectivity index (χ4v) is 3.21. The molecule has 1 fully saturated rings. The summed E-state index contributed by atoms with van der Waals surface area (Å²) >= 11 is 0. The lowest BCUT2D eigenvalue weighted by molar-refractivity contribution is -0.112. The molecule has 9 nitrogen and oxygen atoms in total. The van der Waals surface area contributed by atoms with Gasteiger partial charge in [0.25, 0.3) is 17.5 Å². The number of nitrogens with zero attached hydrogens (tertiary/aromatic N) is 4. The Morgan fingerprint density at radius 1 is 1.46 bits per heavy atom. The third-order valence-corrected chi connectivity index (χ3v) is 4.45. The molecule has 1 amide bonds. The van der Waals surface area contributed by atoms with Crippen LogP contribution in [0, 0.1) is 12.8 Å². The molecular formula is C15H21N5O4. The third-order valence-electron chi connectivity index (χ3n) is 4.45. The maximum atomic E-state index is 12.5. The third kappa shape index (κ3) is 2.86. The molecule has 2 atom stereocenters. The summed E-state index contributed by atoms with van der Waals surface area (Å²) in [5.41, 5.74) is 5.85. The molecule has 0 radical (unpaired) electrons. The van der Waals surface area contributed by atoms with Gasteiger partial charge in [0.05, 0.1) is 13.0 Å². The van der Waals surface area contributed by atoms with E-state index in [4.69, 9.17) is 15.3 Å². The van der Waals surface area contributed by atoms with Crippen molar-refractivity contribution in [2.45, 2.75) is 32.5 Å². The van der Waals surface area contributed by atoms with Gasteiger partial charge in [0.2, 0.25) is 0 Å². The van der Waals surface area contributed by atoms with E-state index in [-0.39, 0.29) is 23.8 Å². The van der Waals surface area contributed by atoms with Gasteiger partial charge in [-0.1, -0.05) is 5.16 Å². The smallest absolute Gasteiger partial charge is 0.298 e. The summed E-state index contributed by atoms with van der Waals surface area (Å²) in [5.74, 6) is -1.09. The Morgan fingerprint density at radius 2 is 2.17 bits per heavy atom. The summed E-state index contributed by atoms with van der Waals surface area (Å²) in [6.45, 7) is 3.57. The van der Waals surface area contributed by atoms with E-state index < -0.39 is 18.1 Å². The van der Waals surface area contributed by atoms with E-state index in [0.29, 0.717) is 5.56 Å². The van der Waals surface area contributed by atoms with Crippen LogP contribution in [0.2, 0.25) is 0 Å². The van der Waals surface area contributed by atoms with Gasteiger partial charge in [-0.3, -0.25) is 19.1 Å². The number of hydrogen-bond acceptors (Lipinski definition) is 7. The highest BCUT2D eigenvalue weighted by atomic mass is 16.7. The van der Waals surface area contributed by atoms with Crippen LogP contribution >= 0.6 is 0 Å². The van der Waals surface area contributed by atoms with E-state index in [2.05, 4.69) is 15.0 Å². The Bertz CT molecular complexity index is 723. The first kappa shape index (κ1) is 16.4. The molecule has 9 heteroatoms. The number of likely N-dealkylation sites (tertiary alicyclic amines) is 1. The minimum atomic E-state index is -0.644. The molecule has 24 heavy (non-hydrogen) atoms. The summed E-state index contributed by atoms with van der Waals surface area (Å²) in [6, 6.07) is 0.182. The van der Waals surface area contributed by atoms with E-state index in [1.807, 2.05) is 0 Å². The first-order valence-electron chi connectivity index (χ1n) is 7.91. The summed E-state index contributed by atoms with van der Waals surface area (Å²) < 4.78 is 6.59. The monoisotopic (exact) mass is 335 g/mol. The minimum absolute atomic E-state index is 0.141. The van der Waals surface area contributed by atoms with Gasteiger partial charge >= 0.3 is 0 Å². The van der Waals surface area contributed by atoms with Gasteiger partial charge in [-0.25, -0.2) is 4.98 Å².